The molecular formula is C21H19Cl2N3O4S2. The summed E-state index contributed by atoms with van der Waals surface area (Å²) in [4.78, 5) is 17.7. The first kappa shape index (κ1) is 23.2. The van der Waals surface area contributed by atoms with Crippen LogP contribution in [0.5, 0.6) is 0 Å². The third-order valence-corrected chi connectivity index (χ3v) is 8.70. The van der Waals surface area contributed by atoms with Crippen molar-refractivity contribution in [2.45, 2.75) is 11.4 Å². The Labute approximate surface area is 199 Å². The van der Waals surface area contributed by atoms with Gasteiger partial charge in [0.2, 0.25) is 10.0 Å². The monoisotopic (exact) mass is 511 g/mol. The Morgan fingerprint density at radius 3 is 2.50 bits per heavy atom. The molecule has 1 aliphatic heterocycles. The fourth-order valence-corrected chi connectivity index (χ4v) is 6.27. The summed E-state index contributed by atoms with van der Waals surface area (Å²) in [5, 5.41) is 0.790. The standard InChI is InChI=1S/C21H19Cl2N3O4S2/c1-2-9-26-19-17(8-7-16(22)18(19)23)31-21(26)24-20(27)14-3-5-15(6-4-14)32(28,29)25-10-12-30-13-11-25/h2-8H,1,9-13H2. The molecule has 0 N–H and O–H groups in total. The Morgan fingerprint density at radius 2 is 1.84 bits per heavy atom. The number of amides is 1. The van der Waals surface area contributed by atoms with Crippen LogP contribution in [0.25, 0.3) is 10.2 Å². The molecule has 2 heterocycles. The lowest BCUT2D eigenvalue weighted by molar-refractivity contribution is 0.0730. The number of benzene rings is 2. The topological polar surface area (TPSA) is 81.0 Å². The number of thiazole rings is 1. The maximum atomic E-state index is 12.8. The van der Waals surface area contributed by atoms with Crippen molar-refractivity contribution in [2.75, 3.05) is 26.3 Å². The largest absolute Gasteiger partial charge is 0.379 e. The Bertz CT molecular complexity index is 1360. The molecule has 32 heavy (non-hydrogen) atoms. The van der Waals surface area contributed by atoms with E-state index in [9.17, 15) is 13.2 Å². The van der Waals surface area contributed by atoms with Gasteiger partial charge in [-0.3, -0.25) is 4.79 Å². The Morgan fingerprint density at radius 1 is 1.16 bits per heavy atom. The van der Waals surface area contributed by atoms with Crippen LogP contribution >= 0.6 is 34.5 Å². The fraction of sp³-hybridized carbons (Fsp3) is 0.238. The van der Waals surface area contributed by atoms with Crippen LogP contribution in [0.1, 0.15) is 10.4 Å². The third kappa shape index (κ3) is 4.41. The number of hydrogen-bond donors (Lipinski definition) is 0. The Balaban J connectivity index is 1.68. The highest BCUT2D eigenvalue weighted by Crippen LogP contribution is 2.32. The predicted molar refractivity (Wildman–Crippen MR) is 126 cm³/mol. The molecular weight excluding hydrogens is 493 g/mol. The third-order valence-electron chi connectivity index (χ3n) is 4.95. The number of aromatic nitrogens is 1. The van der Waals surface area contributed by atoms with Gasteiger partial charge >= 0.3 is 0 Å². The van der Waals surface area contributed by atoms with Gasteiger partial charge in [-0.1, -0.05) is 40.6 Å². The van der Waals surface area contributed by atoms with E-state index in [1.165, 1.54) is 39.9 Å². The molecule has 0 atom stereocenters. The minimum Gasteiger partial charge on any atom is -0.379 e. The molecule has 7 nitrogen and oxygen atoms in total. The number of halogens is 2. The molecule has 2 aromatic carbocycles. The number of fused-ring (bicyclic) bond motifs is 1. The quantitative estimate of drug-likeness (QED) is 0.485. The van der Waals surface area contributed by atoms with Crippen LogP contribution in [0.4, 0.5) is 0 Å². The molecule has 3 aromatic rings. The number of carbonyl (C=O) groups is 1. The van der Waals surface area contributed by atoms with E-state index < -0.39 is 15.9 Å². The van der Waals surface area contributed by atoms with E-state index in [-0.39, 0.29) is 10.5 Å². The summed E-state index contributed by atoms with van der Waals surface area (Å²) >= 11 is 13.8. The smallest absolute Gasteiger partial charge is 0.279 e. The molecule has 1 saturated heterocycles. The van der Waals surface area contributed by atoms with Crippen LogP contribution < -0.4 is 4.80 Å². The zero-order valence-electron chi connectivity index (χ0n) is 16.8. The van der Waals surface area contributed by atoms with Crippen molar-refractivity contribution >= 4 is 60.7 Å². The molecule has 0 bridgehead atoms. The molecule has 1 fully saturated rings. The van der Waals surface area contributed by atoms with Crippen LogP contribution in [0.3, 0.4) is 0 Å². The van der Waals surface area contributed by atoms with Crippen LogP contribution in [0.2, 0.25) is 10.0 Å². The fourth-order valence-electron chi connectivity index (χ4n) is 3.34. The van der Waals surface area contributed by atoms with Crippen LogP contribution in [-0.2, 0) is 21.3 Å². The van der Waals surface area contributed by atoms with Gasteiger partial charge < -0.3 is 9.30 Å². The van der Waals surface area contributed by atoms with Gasteiger partial charge in [-0.05, 0) is 36.4 Å². The van der Waals surface area contributed by atoms with Crippen molar-refractivity contribution in [3.63, 3.8) is 0 Å². The highest BCUT2D eigenvalue weighted by molar-refractivity contribution is 7.89. The van der Waals surface area contributed by atoms with E-state index in [4.69, 9.17) is 27.9 Å². The van der Waals surface area contributed by atoms with E-state index >= 15 is 0 Å². The summed E-state index contributed by atoms with van der Waals surface area (Å²) < 4.78 is 34.7. The minimum atomic E-state index is -3.63. The molecule has 0 spiro atoms. The van der Waals surface area contributed by atoms with Gasteiger partial charge in [0, 0.05) is 25.2 Å². The second kappa shape index (κ2) is 9.46. The number of ether oxygens (including phenoxy) is 1. The summed E-state index contributed by atoms with van der Waals surface area (Å²) in [5.41, 5.74) is 0.959. The predicted octanol–water partition coefficient (Wildman–Crippen LogP) is 3.96. The highest BCUT2D eigenvalue weighted by Gasteiger charge is 2.26. The molecule has 0 radical (unpaired) electrons. The number of allylic oxidation sites excluding steroid dienone is 1. The van der Waals surface area contributed by atoms with Gasteiger partial charge in [-0.15, -0.1) is 6.58 Å². The lowest BCUT2D eigenvalue weighted by Crippen LogP contribution is -2.40. The average Bonchev–Trinajstić information content (AvgIpc) is 3.15. The average molecular weight is 512 g/mol. The molecule has 1 aromatic heterocycles. The van der Waals surface area contributed by atoms with Crippen LogP contribution in [0, 0.1) is 0 Å². The number of rotatable bonds is 5. The van der Waals surface area contributed by atoms with Crippen molar-refractivity contribution in [3.8, 4) is 0 Å². The van der Waals surface area contributed by atoms with Gasteiger partial charge in [0.05, 0.1) is 38.4 Å². The number of morpholine rings is 1. The van der Waals surface area contributed by atoms with E-state index in [2.05, 4.69) is 11.6 Å². The summed E-state index contributed by atoms with van der Waals surface area (Å²) in [6.45, 7) is 5.49. The first-order valence-electron chi connectivity index (χ1n) is 9.68. The lowest BCUT2D eigenvalue weighted by atomic mass is 10.2. The maximum absolute atomic E-state index is 12.8. The summed E-state index contributed by atoms with van der Waals surface area (Å²) in [6, 6.07) is 9.30. The number of carbonyl (C=O) groups excluding carboxylic acids is 1. The van der Waals surface area contributed by atoms with E-state index in [1.54, 1.807) is 16.7 Å². The van der Waals surface area contributed by atoms with Gasteiger partial charge in [0.1, 0.15) is 0 Å². The molecule has 0 unspecified atom stereocenters. The Kier molecular flexibility index (Phi) is 6.85. The number of sulfonamides is 1. The second-order valence-corrected chi connectivity index (χ2v) is 10.7. The molecule has 1 aliphatic rings. The van der Waals surface area contributed by atoms with Gasteiger partial charge in [0.15, 0.2) is 4.80 Å². The highest BCUT2D eigenvalue weighted by atomic mass is 35.5. The van der Waals surface area contributed by atoms with Gasteiger partial charge in [-0.2, -0.15) is 9.30 Å². The van der Waals surface area contributed by atoms with Crippen LogP contribution in [0.15, 0.2) is 58.9 Å². The SMILES string of the molecule is C=CCn1c(=NC(=O)c2ccc(S(=O)(=O)N3CCOCC3)cc2)sc2ccc(Cl)c(Cl)c21. The second-order valence-electron chi connectivity index (χ2n) is 6.95. The number of nitrogens with zero attached hydrogens (tertiary/aromatic N) is 3. The molecule has 0 saturated carbocycles. The molecule has 4 rings (SSSR count). The summed E-state index contributed by atoms with van der Waals surface area (Å²) in [6.07, 6.45) is 1.68. The van der Waals surface area contributed by atoms with Gasteiger partial charge in [-0.25, -0.2) is 8.42 Å². The zero-order valence-corrected chi connectivity index (χ0v) is 20.0. The molecule has 11 heteroatoms. The molecule has 0 aliphatic carbocycles. The summed E-state index contributed by atoms with van der Waals surface area (Å²) in [5.74, 6) is -0.494. The van der Waals surface area contributed by atoms with Crippen molar-refractivity contribution < 1.29 is 17.9 Å². The first-order valence-corrected chi connectivity index (χ1v) is 12.7. The Hall–Kier alpha value is -2.01. The van der Waals surface area contributed by atoms with Crippen molar-refractivity contribution in [1.29, 1.82) is 0 Å². The van der Waals surface area contributed by atoms with Crippen molar-refractivity contribution in [2.24, 2.45) is 4.99 Å². The molecule has 168 valence electrons. The van der Waals surface area contributed by atoms with Gasteiger partial charge in [0.25, 0.3) is 5.91 Å². The number of hydrogen-bond acceptors (Lipinski definition) is 5. The van der Waals surface area contributed by atoms with Crippen molar-refractivity contribution in [3.05, 3.63) is 69.5 Å². The summed E-state index contributed by atoms with van der Waals surface area (Å²) in [7, 11) is -3.63. The van der Waals surface area contributed by atoms with E-state index in [0.717, 1.165) is 4.70 Å². The van der Waals surface area contributed by atoms with E-state index in [0.29, 0.717) is 53.2 Å². The molecule has 1 amide bonds. The first-order chi connectivity index (χ1) is 15.3. The normalized spacial score (nSPS) is 15.9. The van der Waals surface area contributed by atoms with Crippen LogP contribution in [-0.4, -0.2) is 49.5 Å². The lowest BCUT2D eigenvalue weighted by Gasteiger charge is -2.26. The maximum Gasteiger partial charge on any atom is 0.279 e. The zero-order chi connectivity index (χ0) is 22.9. The minimum absolute atomic E-state index is 0.126. The van der Waals surface area contributed by atoms with Crippen molar-refractivity contribution in [1.82, 2.24) is 8.87 Å². The van der Waals surface area contributed by atoms with E-state index in [1.807, 2.05) is 6.07 Å².